The van der Waals surface area contributed by atoms with Gasteiger partial charge in [0.05, 0.1) is 12.0 Å². The highest BCUT2D eigenvalue weighted by Gasteiger charge is 2.55. The molecular formula is C19H21ClN2O5. The summed E-state index contributed by atoms with van der Waals surface area (Å²) < 4.78 is 10.6. The molecule has 1 atom stereocenters. The van der Waals surface area contributed by atoms with Crippen LogP contribution in [0.3, 0.4) is 0 Å². The summed E-state index contributed by atoms with van der Waals surface area (Å²) in [5, 5.41) is 3.39. The predicted molar refractivity (Wildman–Crippen MR) is 96.9 cm³/mol. The Balaban J connectivity index is 1.30. The van der Waals surface area contributed by atoms with E-state index in [2.05, 4.69) is 5.32 Å². The van der Waals surface area contributed by atoms with Crippen molar-refractivity contribution in [3.63, 3.8) is 0 Å². The zero-order chi connectivity index (χ0) is 19.2. The summed E-state index contributed by atoms with van der Waals surface area (Å²) in [6.45, 7) is 1.35. The van der Waals surface area contributed by atoms with Gasteiger partial charge in [-0.15, -0.1) is 0 Å². The van der Waals surface area contributed by atoms with Gasteiger partial charge in [0.25, 0.3) is 5.91 Å². The fourth-order valence-electron chi connectivity index (χ4n) is 4.30. The first-order valence-corrected chi connectivity index (χ1v) is 9.33. The molecule has 0 radical (unpaired) electrons. The number of nitrogens with one attached hydrogen (secondary N) is 1. The summed E-state index contributed by atoms with van der Waals surface area (Å²) >= 11 is 5.92. The number of amides is 2. The number of methoxy groups -OCH3 is 1. The Hall–Kier alpha value is -2.12. The topological polar surface area (TPSA) is 84.9 Å². The molecule has 1 aliphatic carbocycles. The Labute approximate surface area is 161 Å². The monoisotopic (exact) mass is 392 g/mol. The third-order valence-corrected chi connectivity index (χ3v) is 5.76. The van der Waals surface area contributed by atoms with Gasteiger partial charge in [-0.05, 0) is 31.0 Å². The first-order chi connectivity index (χ1) is 12.9. The number of carbonyl (C=O) groups is 3. The first kappa shape index (κ1) is 18.3. The third kappa shape index (κ3) is 3.41. The van der Waals surface area contributed by atoms with Crippen LogP contribution in [0.25, 0.3) is 0 Å². The highest BCUT2D eigenvalue weighted by Crippen LogP contribution is 2.48. The quantitative estimate of drug-likeness (QED) is 0.837. The SMILES string of the molecule is COCC(=O)NC1CC2(C1)CN(C(=O)C1CC(=O)c3cc(Cl)ccc3O1)C2. The molecule has 1 spiro atoms. The molecule has 1 saturated heterocycles. The minimum atomic E-state index is -0.777. The van der Waals surface area contributed by atoms with E-state index in [0.717, 1.165) is 12.8 Å². The van der Waals surface area contributed by atoms with Crippen LogP contribution in [0.15, 0.2) is 18.2 Å². The van der Waals surface area contributed by atoms with Crippen molar-refractivity contribution in [1.82, 2.24) is 10.2 Å². The van der Waals surface area contributed by atoms with Crippen LogP contribution in [0, 0.1) is 5.41 Å². The van der Waals surface area contributed by atoms with Crippen LogP contribution in [0.5, 0.6) is 5.75 Å². The number of hydrogen-bond acceptors (Lipinski definition) is 5. The van der Waals surface area contributed by atoms with E-state index in [1.165, 1.54) is 7.11 Å². The second kappa shape index (κ2) is 6.80. The highest BCUT2D eigenvalue weighted by molar-refractivity contribution is 6.31. The van der Waals surface area contributed by atoms with Gasteiger partial charge in [-0.3, -0.25) is 14.4 Å². The number of fused-ring (bicyclic) bond motifs is 1. The van der Waals surface area contributed by atoms with E-state index in [4.69, 9.17) is 21.1 Å². The fourth-order valence-corrected chi connectivity index (χ4v) is 4.48. The average molecular weight is 393 g/mol. The molecule has 1 aromatic carbocycles. The zero-order valence-corrected chi connectivity index (χ0v) is 15.8. The third-order valence-electron chi connectivity index (χ3n) is 5.52. The van der Waals surface area contributed by atoms with Crippen LogP contribution >= 0.6 is 11.6 Å². The average Bonchev–Trinajstić information content (AvgIpc) is 2.56. The molecule has 4 rings (SSSR count). The van der Waals surface area contributed by atoms with Gasteiger partial charge in [0.2, 0.25) is 5.91 Å². The molecule has 2 amide bonds. The maximum absolute atomic E-state index is 12.7. The molecule has 1 unspecified atom stereocenters. The lowest BCUT2D eigenvalue weighted by atomic mass is 9.60. The van der Waals surface area contributed by atoms with Crippen molar-refractivity contribution >= 4 is 29.2 Å². The van der Waals surface area contributed by atoms with Gasteiger partial charge in [0.1, 0.15) is 12.4 Å². The number of likely N-dealkylation sites (tertiary alicyclic amines) is 1. The molecule has 0 bridgehead atoms. The van der Waals surface area contributed by atoms with Crippen molar-refractivity contribution in [3.8, 4) is 5.75 Å². The predicted octanol–water partition coefficient (Wildman–Crippen LogP) is 1.43. The zero-order valence-electron chi connectivity index (χ0n) is 15.0. The molecule has 7 nitrogen and oxygen atoms in total. The number of benzene rings is 1. The van der Waals surface area contributed by atoms with E-state index in [-0.39, 0.29) is 42.1 Å². The van der Waals surface area contributed by atoms with Gasteiger partial charge in [0, 0.05) is 36.7 Å². The Morgan fingerprint density at radius 1 is 1.37 bits per heavy atom. The maximum atomic E-state index is 12.7. The van der Waals surface area contributed by atoms with Crippen molar-refractivity contribution < 1.29 is 23.9 Å². The molecule has 27 heavy (non-hydrogen) atoms. The fraction of sp³-hybridized carbons (Fsp3) is 0.526. The summed E-state index contributed by atoms with van der Waals surface area (Å²) in [7, 11) is 1.49. The highest BCUT2D eigenvalue weighted by atomic mass is 35.5. The standard InChI is InChI=1S/C19H21ClN2O5/c1-26-8-17(24)21-12-6-19(7-12)9-22(10-19)18(25)16-5-14(23)13-4-11(20)2-3-15(13)27-16/h2-4,12,16H,5-10H2,1H3,(H,21,24). The number of nitrogens with zero attached hydrogens (tertiary/aromatic N) is 1. The number of rotatable bonds is 4. The first-order valence-electron chi connectivity index (χ1n) is 8.96. The molecule has 1 aromatic rings. The van der Waals surface area contributed by atoms with Gasteiger partial charge in [-0.2, -0.15) is 0 Å². The van der Waals surface area contributed by atoms with E-state index in [0.29, 0.717) is 29.4 Å². The normalized spacial score (nSPS) is 23.1. The molecule has 0 aromatic heterocycles. The van der Waals surface area contributed by atoms with E-state index in [9.17, 15) is 14.4 Å². The van der Waals surface area contributed by atoms with E-state index < -0.39 is 6.10 Å². The molecule has 1 saturated carbocycles. The minimum absolute atomic E-state index is 0.0331. The molecule has 2 fully saturated rings. The number of ether oxygens (including phenoxy) is 2. The van der Waals surface area contributed by atoms with Crippen molar-refractivity contribution in [2.75, 3.05) is 26.8 Å². The summed E-state index contributed by atoms with van der Waals surface area (Å²) in [5.41, 5.74) is 0.519. The number of halogens is 1. The lowest BCUT2D eigenvalue weighted by Crippen LogP contribution is -2.69. The Kier molecular flexibility index (Phi) is 4.60. The van der Waals surface area contributed by atoms with Crippen molar-refractivity contribution in [2.24, 2.45) is 5.41 Å². The molecule has 8 heteroatoms. The van der Waals surface area contributed by atoms with Crippen LogP contribution in [0.1, 0.15) is 29.6 Å². The lowest BCUT2D eigenvalue weighted by Gasteiger charge is -2.59. The smallest absolute Gasteiger partial charge is 0.264 e. The van der Waals surface area contributed by atoms with Crippen LogP contribution in [-0.4, -0.2) is 61.4 Å². The van der Waals surface area contributed by atoms with Crippen LogP contribution in [0.4, 0.5) is 0 Å². The second-order valence-corrected chi connectivity index (χ2v) is 8.11. The van der Waals surface area contributed by atoms with Gasteiger partial charge < -0.3 is 19.7 Å². The summed E-state index contributed by atoms with van der Waals surface area (Å²) in [5.74, 6) is 0.0182. The Morgan fingerprint density at radius 2 is 2.11 bits per heavy atom. The number of Topliss-reactive ketones (excluding diaryl/α,β-unsaturated/α-hetero) is 1. The minimum Gasteiger partial charge on any atom is -0.479 e. The summed E-state index contributed by atoms with van der Waals surface area (Å²) in [6, 6.07) is 5.00. The Morgan fingerprint density at radius 3 is 2.81 bits per heavy atom. The van der Waals surface area contributed by atoms with Crippen molar-refractivity contribution in [1.29, 1.82) is 0 Å². The second-order valence-electron chi connectivity index (χ2n) is 7.67. The summed E-state index contributed by atoms with van der Waals surface area (Å²) in [4.78, 5) is 38.3. The van der Waals surface area contributed by atoms with Gasteiger partial charge >= 0.3 is 0 Å². The molecular weight excluding hydrogens is 372 g/mol. The van der Waals surface area contributed by atoms with Crippen molar-refractivity contribution in [3.05, 3.63) is 28.8 Å². The lowest BCUT2D eigenvalue weighted by molar-refractivity contribution is -0.160. The van der Waals surface area contributed by atoms with E-state index >= 15 is 0 Å². The van der Waals surface area contributed by atoms with Crippen molar-refractivity contribution in [2.45, 2.75) is 31.4 Å². The largest absolute Gasteiger partial charge is 0.479 e. The van der Waals surface area contributed by atoms with Crippen LogP contribution < -0.4 is 10.1 Å². The number of carbonyl (C=O) groups excluding carboxylic acids is 3. The molecule has 144 valence electrons. The van der Waals surface area contributed by atoms with Crippen LogP contribution in [-0.2, 0) is 14.3 Å². The van der Waals surface area contributed by atoms with Gasteiger partial charge in [0.15, 0.2) is 11.9 Å². The number of hydrogen-bond donors (Lipinski definition) is 1. The van der Waals surface area contributed by atoms with E-state index in [1.807, 2.05) is 0 Å². The van der Waals surface area contributed by atoms with Crippen LogP contribution in [0.2, 0.25) is 5.02 Å². The Bertz CT molecular complexity index is 797. The van der Waals surface area contributed by atoms with Gasteiger partial charge in [-0.1, -0.05) is 11.6 Å². The molecule has 3 aliphatic rings. The molecule has 2 heterocycles. The molecule has 1 N–H and O–H groups in total. The maximum Gasteiger partial charge on any atom is 0.264 e. The summed E-state index contributed by atoms with van der Waals surface area (Å²) in [6.07, 6.45) is 0.974. The van der Waals surface area contributed by atoms with Gasteiger partial charge in [-0.25, -0.2) is 0 Å². The number of ketones is 1. The van der Waals surface area contributed by atoms with E-state index in [1.54, 1.807) is 23.1 Å². The molecule has 2 aliphatic heterocycles.